The number of aromatic nitrogens is 1. The number of hydrogen-bond donors (Lipinski definition) is 0. The van der Waals surface area contributed by atoms with Crippen LogP contribution in [0.4, 0.5) is 0 Å². The van der Waals surface area contributed by atoms with Crippen LogP contribution in [0.5, 0.6) is 0 Å². The van der Waals surface area contributed by atoms with E-state index in [0.717, 1.165) is 27.1 Å². The van der Waals surface area contributed by atoms with Gasteiger partial charge in [-0.15, -0.1) is 0 Å². The van der Waals surface area contributed by atoms with Crippen molar-refractivity contribution in [3.8, 4) is 0 Å². The molecule has 0 spiro atoms. The lowest BCUT2D eigenvalue weighted by atomic mass is 10.1. The molecule has 0 aliphatic carbocycles. The smallest absolute Gasteiger partial charge is 0.0514 e. The first-order valence-electron chi connectivity index (χ1n) is 6.23. The van der Waals surface area contributed by atoms with Gasteiger partial charge in [0.05, 0.1) is 10.5 Å². The number of fused-ring (bicyclic) bond motifs is 1. The third kappa shape index (κ3) is 2.54. The van der Waals surface area contributed by atoms with Crippen molar-refractivity contribution in [3.63, 3.8) is 0 Å². The van der Waals surface area contributed by atoms with Crippen LogP contribution < -0.4 is 0 Å². The highest BCUT2D eigenvalue weighted by Gasteiger charge is 2.08. The van der Waals surface area contributed by atoms with Crippen molar-refractivity contribution >= 4 is 45.7 Å². The Hall–Kier alpha value is -1.15. The van der Waals surface area contributed by atoms with Gasteiger partial charge in [0.1, 0.15) is 0 Å². The first kappa shape index (κ1) is 13.8. The highest BCUT2D eigenvalue weighted by molar-refractivity contribution is 6.38. The molecule has 4 heteroatoms. The van der Waals surface area contributed by atoms with Crippen LogP contribution in [0.2, 0.25) is 15.1 Å². The average molecular weight is 325 g/mol. The van der Waals surface area contributed by atoms with Crippen LogP contribution in [-0.4, -0.2) is 4.57 Å². The van der Waals surface area contributed by atoms with E-state index in [2.05, 4.69) is 16.7 Å². The van der Waals surface area contributed by atoms with Crippen molar-refractivity contribution in [1.82, 2.24) is 4.57 Å². The molecule has 0 aliphatic heterocycles. The summed E-state index contributed by atoms with van der Waals surface area (Å²) in [6.07, 6.45) is 2.00. The number of halogens is 3. The van der Waals surface area contributed by atoms with Gasteiger partial charge in [0, 0.05) is 28.2 Å². The van der Waals surface area contributed by atoms with Crippen molar-refractivity contribution in [2.75, 3.05) is 0 Å². The molecule has 0 radical (unpaired) electrons. The van der Waals surface area contributed by atoms with Gasteiger partial charge in [-0.2, -0.15) is 0 Å². The molecule has 0 N–H and O–H groups in total. The van der Waals surface area contributed by atoms with Gasteiger partial charge in [-0.1, -0.05) is 46.9 Å². The summed E-state index contributed by atoms with van der Waals surface area (Å²) in [5.41, 5.74) is 3.24. The van der Waals surface area contributed by atoms with Crippen LogP contribution in [0.25, 0.3) is 10.9 Å². The van der Waals surface area contributed by atoms with Gasteiger partial charge >= 0.3 is 0 Å². The molecule has 0 aliphatic rings. The van der Waals surface area contributed by atoms with Gasteiger partial charge in [0.15, 0.2) is 0 Å². The van der Waals surface area contributed by atoms with Crippen LogP contribution in [0.15, 0.2) is 42.6 Å². The van der Waals surface area contributed by atoms with Crippen LogP contribution in [0, 0.1) is 6.92 Å². The molecule has 0 amide bonds. The zero-order valence-corrected chi connectivity index (χ0v) is 13.1. The monoisotopic (exact) mass is 323 g/mol. The van der Waals surface area contributed by atoms with Crippen molar-refractivity contribution in [3.05, 3.63) is 68.8 Å². The second-order valence-electron chi connectivity index (χ2n) is 4.86. The Bertz CT molecular complexity index is 790. The standard InChI is InChI=1S/C16H12Cl3N/c1-10-2-3-11(14(18)6-10)9-20-5-4-13-15(19)7-12(17)8-16(13)20/h2-8H,9H2,1H3. The average Bonchev–Trinajstić information content (AvgIpc) is 2.76. The summed E-state index contributed by atoms with van der Waals surface area (Å²) in [6.45, 7) is 2.72. The zero-order valence-electron chi connectivity index (χ0n) is 10.8. The minimum absolute atomic E-state index is 0.637. The Morgan fingerprint density at radius 2 is 1.75 bits per heavy atom. The molecule has 3 aromatic rings. The fourth-order valence-corrected chi connectivity index (χ4v) is 3.16. The number of benzene rings is 2. The van der Waals surface area contributed by atoms with Gasteiger partial charge in [-0.25, -0.2) is 0 Å². The second kappa shape index (κ2) is 5.33. The molecule has 0 saturated carbocycles. The molecule has 0 unspecified atom stereocenters. The molecule has 20 heavy (non-hydrogen) atoms. The zero-order chi connectivity index (χ0) is 14.3. The molecule has 102 valence electrons. The molecule has 0 fully saturated rings. The van der Waals surface area contributed by atoms with Crippen LogP contribution in [-0.2, 0) is 6.54 Å². The normalized spacial score (nSPS) is 11.2. The Labute approximate surface area is 132 Å². The van der Waals surface area contributed by atoms with E-state index in [9.17, 15) is 0 Å². The third-order valence-corrected chi connectivity index (χ3v) is 4.24. The fourth-order valence-electron chi connectivity index (χ4n) is 2.32. The molecule has 1 heterocycles. The largest absolute Gasteiger partial charge is 0.343 e. The van der Waals surface area contributed by atoms with E-state index in [4.69, 9.17) is 34.8 Å². The maximum absolute atomic E-state index is 6.29. The number of rotatable bonds is 2. The molecule has 0 bridgehead atoms. The minimum atomic E-state index is 0.637. The lowest BCUT2D eigenvalue weighted by Crippen LogP contribution is -1.98. The Kier molecular flexibility index (Phi) is 3.68. The fraction of sp³-hybridized carbons (Fsp3) is 0.125. The summed E-state index contributed by atoms with van der Waals surface area (Å²) >= 11 is 18.6. The number of nitrogens with zero attached hydrogens (tertiary/aromatic N) is 1. The SMILES string of the molecule is Cc1ccc(Cn2ccc3c(Cl)cc(Cl)cc32)c(Cl)c1. The third-order valence-electron chi connectivity index (χ3n) is 3.35. The quantitative estimate of drug-likeness (QED) is 0.548. The first-order valence-corrected chi connectivity index (χ1v) is 7.37. The van der Waals surface area contributed by atoms with Gasteiger partial charge in [-0.05, 0) is 42.3 Å². The maximum Gasteiger partial charge on any atom is 0.0514 e. The van der Waals surface area contributed by atoms with Crippen LogP contribution in [0.3, 0.4) is 0 Å². The summed E-state index contributed by atoms with van der Waals surface area (Å²) in [6, 6.07) is 11.8. The lowest BCUT2D eigenvalue weighted by Gasteiger charge is -2.09. The van der Waals surface area contributed by atoms with Crippen LogP contribution in [0.1, 0.15) is 11.1 Å². The Morgan fingerprint density at radius 3 is 2.50 bits per heavy atom. The van der Waals surface area contributed by atoms with Gasteiger partial charge in [0.2, 0.25) is 0 Å². The van der Waals surface area contributed by atoms with Gasteiger partial charge in [-0.3, -0.25) is 0 Å². The van der Waals surface area contributed by atoms with E-state index in [1.807, 2.05) is 31.3 Å². The van der Waals surface area contributed by atoms with Crippen molar-refractivity contribution < 1.29 is 0 Å². The number of aryl methyl sites for hydroxylation is 1. The molecule has 1 nitrogen and oxygen atoms in total. The first-order chi connectivity index (χ1) is 9.54. The second-order valence-corrected chi connectivity index (χ2v) is 6.11. The van der Waals surface area contributed by atoms with E-state index in [0.29, 0.717) is 16.6 Å². The van der Waals surface area contributed by atoms with E-state index < -0.39 is 0 Å². The van der Waals surface area contributed by atoms with Crippen LogP contribution >= 0.6 is 34.8 Å². The van der Waals surface area contributed by atoms with E-state index >= 15 is 0 Å². The minimum Gasteiger partial charge on any atom is -0.343 e. The predicted octanol–water partition coefficient (Wildman–Crippen LogP) is 5.96. The molecule has 0 atom stereocenters. The lowest BCUT2D eigenvalue weighted by molar-refractivity contribution is 0.837. The maximum atomic E-state index is 6.29. The molecule has 2 aromatic carbocycles. The van der Waals surface area contributed by atoms with E-state index in [-0.39, 0.29) is 0 Å². The summed E-state index contributed by atoms with van der Waals surface area (Å²) in [5, 5.41) is 3.08. The highest BCUT2D eigenvalue weighted by Crippen LogP contribution is 2.30. The summed E-state index contributed by atoms with van der Waals surface area (Å²) < 4.78 is 2.10. The molecule has 1 aromatic heterocycles. The number of hydrogen-bond acceptors (Lipinski definition) is 0. The molecular weight excluding hydrogens is 313 g/mol. The van der Waals surface area contributed by atoms with Crippen molar-refractivity contribution in [2.45, 2.75) is 13.5 Å². The van der Waals surface area contributed by atoms with Crippen molar-refractivity contribution in [1.29, 1.82) is 0 Å². The van der Waals surface area contributed by atoms with Gasteiger partial charge < -0.3 is 4.57 Å². The summed E-state index contributed by atoms with van der Waals surface area (Å²) in [7, 11) is 0. The van der Waals surface area contributed by atoms with E-state index in [1.54, 1.807) is 6.07 Å². The highest BCUT2D eigenvalue weighted by atomic mass is 35.5. The molecule has 0 saturated heterocycles. The van der Waals surface area contributed by atoms with E-state index in [1.165, 1.54) is 0 Å². The molecular formula is C16H12Cl3N. The Morgan fingerprint density at radius 1 is 0.950 bits per heavy atom. The predicted molar refractivity (Wildman–Crippen MR) is 87.2 cm³/mol. The van der Waals surface area contributed by atoms with Crippen molar-refractivity contribution in [2.24, 2.45) is 0 Å². The summed E-state index contributed by atoms with van der Waals surface area (Å²) in [4.78, 5) is 0. The topological polar surface area (TPSA) is 4.93 Å². The Balaban J connectivity index is 2.07. The summed E-state index contributed by atoms with van der Waals surface area (Å²) in [5.74, 6) is 0. The van der Waals surface area contributed by atoms with Gasteiger partial charge in [0.25, 0.3) is 0 Å². The molecule has 3 rings (SSSR count).